The molecule has 0 aliphatic carbocycles. The Balaban J connectivity index is 1.95. The van der Waals surface area contributed by atoms with Crippen LogP contribution in [0, 0.1) is 5.92 Å². The third-order valence-electron chi connectivity index (χ3n) is 3.29. The summed E-state index contributed by atoms with van der Waals surface area (Å²) in [6.07, 6.45) is 1.60. The minimum atomic E-state index is -0.163. The predicted octanol–water partition coefficient (Wildman–Crippen LogP) is -0.367. The quantitative estimate of drug-likeness (QED) is 0.702. The van der Waals surface area contributed by atoms with Crippen molar-refractivity contribution in [1.82, 2.24) is 4.90 Å². The van der Waals surface area contributed by atoms with E-state index in [1.807, 2.05) is 0 Å². The first-order valence-electron chi connectivity index (χ1n) is 5.89. The molecule has 0 aromatic rings. The molecular formula is C11H19NO4. The van der Waals surface area contributed by atoms with Gasteiger partial charge < -0.3 is 19.5 Å². The van der Waals surface area contributed by atoms with E-state index < -0.39 is 0 Å². The smallest absolute Gasteiger partial charge is 0.226 e. The Bertz CT molecular complexity index is 240. The van der Waals surface area contributed by atoms with E-state index in [0.29, 0.717) is 33.0 Å². The van der Waals surface area contributed by atoms with Gasteiger partial charge >= 0.3 is 0 Å². The summed E-state index contributed by atoms with van der Waals surface area (Å²) < 4.78 is 10.5. The maximum absolute atomic E-state index is 12.2. The third-order valence-corrected chi connectivity index (χ3v) is 3.29. The highest BCUT2D eigenvalue weighted by Gasteiger charge is 2.32. The van der Waals surface area contributed by atoms with E-state index in [4.69, 9.17) is 9.47 Å². The Morgan fingerprint density at radius 2 is 2.00 bits per heavy atom. The van der Waals surface area contributed by atoms with E-state index in [0.717, 1.165) is 12.8 Å². The number of rotatable bonds is 2. The fourth-order valence-electron chi connectivity index (χ4n) is 2.28. The molecule has 2 saturated heterocycles. The van der Waals surface area contributed by atoms with Crippen LogP contribution in [0.1, 0.15) is 12.8 Å². The van der Waals surface area contributed by atoms with Crippen LogP contribution >= 0.6 is 0 Å². The molecule has 2 fully saturated rings. The number of carbonyl (C=O) groups is 1. The lowest BCUT2D eigenvalue weighted by Gasteiger charge is -2.37. The SMILES string of the molecule is O=C(C1CCOCC1)N1CCOCC1CO. The molecule has 92 valence electrons. The van der Waals surface area contributed by atoms with Crippen molar-refractivity contribution in [2.24, 2.45) is 5.92 Å². The van der Waals surface area contributed by atoms with Gasteiger partial charge in [-0.15, -0.1) is 0 Å². The van der Waals surface area contributed by atoms with Gasteiger partial charge in [0, 0.05) is 25.7 Å². The zero-order valence-corrected chi connectivity index (χ0v) is 9.43. The summed E-state index contributed by atoms with van der Waals surface area (Å²) in [7, 11) is 0. The van der Waals surface area contributed by atoms with Crippen molar-refractivity contribution in [3.05, 3.63) is 0 Å². The second-order valence-corrected chi connectivity index (χ2v) is 4.33. The average Bonchev–Trinajstić information content (AvgIpc) is 2.39. The summed E-state index contributed by atoms with van der Waals surface area (Å²) in [5.74, 6) is 0.228. The molecule has 16 heavy (non-hydrogen) atoms. The summed E-state index contributed by atoms with van der Waals surface area (Å²) in [5, 5.41) is 9.21. The standard InChI is InChI=1S/C11H19NO4/c13-7-10-8-16-6-3-12(10)11(14)9-1-4-15-5-2-9/h9-10,13H,1-8H2. The highest BCUT2D eigenvalue weighted by molar-refractivity contribution is 5.79. The first kappa shape index (κ1) is 11.8. The summed E-state index contributed by atoms with van der Waals surface area (Å²) in [4.78, 5) is 14.0. The van der Waals surface area contributed by atoms with Crippen molar-refractivity contribution < 1.29 is 19.4 Å². The molecule has 0 radical (unpaired) electrons. The molecule has 5 heteroatoms. The van der Waals surface area contributed by atoms with Gasteiger partial charge in [0.15, 0.2) is 0 Å². The molecule has 2 aliphatic heterocycles. The molecule has 2 aliphatic rings. The molecule has 5 nitrogen and oxygen atoms in total. The molecule has 2 rings (SSSR count). The van der Waals surface area contributed by atoms with Crippen molar-refractivity contribution in [1.29, 1.82) is 0 Å². The summed E-state index contributed by atoms with van der Waals surface area (Å²) >= 11 is 0. The lowest BCUT2D eigenvalue weighted by molar-refractivity contribution is -0.148. The Morgan fingerprint density at radius 3 is 2.69 bits per heavy atom. The Labute approximate surface area is 95.3 Å². The van der Waals surface area contributed by atoms with Crippen molar-refractivity contribution in [3.8, 4) is 0 Å². The number of aliphatic hydroxyl groups excluding tert-OH is 1. The number of hydrogen-bond donors (Lipinski definition) is 1. The van der Waals surface area contributed by atoms with E-state index in [-0.39, 0.29) is 24.5 Å². The molecule has 1 atom stereocenters. The van der Waals surface area contributed by atoms with Crippen LogP contribution in [0.3, 0.4) is 0 Å². The van der Waals surface area contributed by atoms with Crippen LogP contribution in [0.5, 0.6) is 0 Å². The summed E-state index contributed by atoms with van der Waals surface area (Å²) in [5.41, 5.74) is 0. The fourth-order valence-corrected chi connectivity index (χ4v) is 2.28. The normalized spacial score (nSPS) is 28.1. The average molecular weight is 229 g/mol. The highest BCUT2D eigenvalue weighted by Crippen LogP contribution is 2.20. The van der Waals surface area contributed by atoms with Crippen LogP contribution in [-0.2, 0) is 14.3 Å². The Morgan fingerprint density at radius 1 is 1.25 bits per heavy atom. The van der Waals surface area contributed by atoms with Gasteiger partial charge in [-0.05, 0) is 12.8 Å². The lowest BCUT2D eigenvalue weighted by atomic mass is 9.97. The molecule has 0 aromatic heterocycles. The van der Waals surface area contributed by atoms with E-state index in [1.54, 1.807) is 4.90 Å². The van der Waals surface area contributed by atoms with Gasteiger partial charge in [-0.25, -0.2) is 0 Å². The first-order chi connectivity index (χ1) is 7.83. The van der Waals surface area contributed by atoms with Gasteiger partial charge in [-0.1, -0.05) is 0 Å². The van der Waals surface area contributed by atoms with Crippen LogP contribution in [0.25, 0.3) is 0 Å². The van der Waals surface area contributed by atoms with Gasteiger partial charge in [0.05, 0.1) is 25.9 Å². The molecular weight excluding hydrogens is 210 g/mol. The number of ether oxygens (including phenoxy) is 2. The number of nitrogens with zero attached hydrogens (tertiary/aromatic N) is 1. The summed E-state index contributed by atoms with van der Waals surface area (Å²) in [6, 6.07) is -0.163. The largest absolute Gasteiger partial charge is 0.394 e. The molecule has 0 spiro atoms. The van der Waals surface area contributed by atoms with E-state index in [2.05, 4.69) is 0 Å². The minimum Gasteiger partial charge on any atom is -0.394 e. The molecule has 2 heterocycles. The van der Waals surface area contributed by atoms with Crippen LogP contribution in [0.4, 0.5) is 0 Å². The van der Waals surface area contributed by atoms with Crippen molar-refractivity contribution in [2.45, 2.75) is 18.9 Å². The van der Waals surface area contributed by atoms with Crippen LogP contribution in [0.2, 0.25) is 0 Å². The predicted molar refractivity (Wildman–Crippen MR) is 56.9 cm³/mol. The third kappa shape index (κ3) is 2.53. The molecule has 1 amide bonds. The monoisotopic (exact) mass is 229 g/mol. The molecule has 1 N–H and O–H groups in total. The fraction of sp³-hybridized carbons (Fsp3) is 0.909. The first-order valence-corrected chi connectivity index (χ1v) is 5.89. The van der Waals surface area contributed by atoms with E-state index in [9.17, 15) is 9.90 Å². The summed E-state index contributed by atoms with van der Waals surface area (Å²) in [6.45, 7) is 2.95. The Hall–Kier alpha value is -0.650. The number of aliphatic hydroxyl groups is 1. The number of morpholine rings is 1. The van der Waals surface area contributed by atoms with Crippen molar-refractivity contribution in [2.75, 3.05) is 39.6 Å². The topological polar surface area (TPSA) is 59.0 Å². The molecule has 1 unspecified atom stereocenters. The zero-order valence-electron chi connectivity index (χ0n) is 9.43. The van der Waals surface area contributed by atoms with E-state index >= 15 is 0 Å². The highest BCUT2D eigenvalue weighted by atomic mass is 16.5. The lowest BCUT2D eigenvalue weighted by Crippen LogP contribution is -2.52. The zero-order chi connectivity index (χ0) is 11.4. The van der Waals surface area contributed by atoms with Crippen LogP contribution in [-0.4, -0.2) is 61.5 Å². The number of hydrogen-bond acceptors (Lipinski definition) is 4. The molecule has 0 aromatic carbocycles. The van der Waals surface area contributed by atoms with Crippen LogP contribution in [0.15, 0.2) is 0 Å². The van der Waals surface area contributed by atoms with Gasteiger partial charge in [0.25, 0.3) is 0 Å². The second-order valence-electron chi connectivity index (χ2n) is 4.33. The molecule has 0 bridgehead atoms. The number of amides is 1. The van der Waals surface area contributed by atoms with E-state index in [1.165, 1.54) is 0 Å². The van der Waals surface area contributed by atoms with Crippen LogP contribution < -0.4 is 0 Å². The van der Waals surface area contributed by atoms with Gasteiger partial charge in [0.2, 0.25) is 5.91 Å². The van der Waals surface area contributed by atoms with Gasteiger partial charge in [-0.2, -0.15) is 0 Å². The minimum absolute atomic E-state index is 0.0189. The Kier molecular flexibility index (Phi) is 4.15. The van der Waals surface area contributed by atoms with Gasteiger partial charge in [0.1, 0.15) is 0 Å². The maximum atomic E-state index is 12.2. The van der Waals surface area contributed by atoms with Crippen molar-refractivity contribution in [3.63, 3.8) is 0 Å². The number of carbonyl (C=O) groups excluding carboxylic acids is 1. The maximum Gasteiger partial charge on any atom is 0.226 e. The van der Waals surface area contributed by atoms with Crippen molar-refractivity contribution >= 4 is 5.91 Å². The second kappa shape index (κ2) is 5.61. The van der Waals surface area contributed by atoms with Gasteiger partial charge in [-0.3, -0.25) is 4.79 Å². The molecule has 0 saturated carbocycles.